The molecule has 0 aliphatic carbocycles. The second-order valence-electron chi connectivity index (χ2n) is 5.13. The van der Waals surface area contributed by atoms with Gasteiger partial charge in [0.05, 0.1) is 24.5 Å². The number of halogens is 2. The lowest BCUT2D eigenvalue weighted by atomic mass is 10.1. The minimum atomic E-state index is 0. The number of nitrogens with zero attached hydrogens (tertiary/aromatic N) is 2. The molecule has 140 valence electrons. The SMILES string of the molecule is Cl.Cl.Nc1ccc(C=Cc2ccccc2)cc1N.OCCn1cccn1. The fourth-order valence-corrected chi connectivity index (χ4v) is 1.99. The van der Waals surface area contributed by atoms with Crippen LogP contribution in [-0.2, 0) is 6.54 Å². The van der Waals surface area contributed by atoms with Crippen molar-refractivity contribution in [1.29, 1.82) is 0 Å². The van der Waals surface area contributed by atoms with Crippen molar-refractivity contribution in [1.82, 2.24) is 9.78 Å². The minimum Gasteiger partial charge on any atom is -0.397 e. The number of rotatable bonds is 4. The Hall–Kier alpha value is -2.47. The zero-order chi connectivity index (χ0) is 17.2. The zero-order valence-electron chi connectivity index (χ0n) is 14.2. The molecule has 0 aliphatic rings. The molecule has 26 heavy (non-hydrogen) atoms. The summed E-state index contributed by atoms with van der Waals surface area (Å²) in [5, 5.41) is 12.2. The van der Waals surface area contributed by atoms with E-state index in [0.717, 1.165) is 11.1 Å². The molecular weight excluding hydrogens is 371 g/mol. The van der Waals surface area contributed by atoms with Crippen LogP contribution >= 0.6 is 24.8 Å². The normalized spacial score (nSPS) is 9.58. The molecule has 1 aromatic heterocycles. The molecule has 5 N–H and O–H groups in total. The van der Waals surface area contributed by atoms with E-state index in [4.69, 9.17) is 16.6 Å². The number of hydrogen-bond acceptors (Lipinski definition) is 4. The molecule has 0 atom stereocenters. The first kappa shape index (κ1) is 23.5. The van der Waals surface area contributed by atoms with Gasteiger partial charge in [0.25, 0.3) is 0 Å². The van der Waals surface area contributed by atoms with Crippen LogP contribution in [0.15, 0.2) is 67.0 Å². The Labute approximate surface area is 166 Å². The van der Waals surface area contributed by atoms with Crippen LogP contribution in [0.5, 0.6) is 0 Å². The van der Waals surface area contributed by atoms with Gasteiger partial charge in [-0.1, -0.05) is 48.6 Å². The summed E-state index contributed by atoms with van der Waals surface area (Å²) in [6, 6.07) is 17.6. The van der Waals surface area contributed by atoms with E-state index in [2.05, 4.69) is 17.2 Å². The second-order valence-corrected chi connectivity index (χ2v) is 5.13. The highest BCUT2D eigenvalue weighted by Gasteiger charge is 1.93. The summed E-state index contributed by atoms with van der Waals surface area (Å²) in [6.07, 6.45) is 7.57. The third kappa shape index (κ3) is 8.07. The Balaban J connectivity index is 0.000000536. The quantitative estimate of drug-likeness (QED) is 0.464. The van der Waals surface area contributed by atoms with E-state index in [1.54, 1.807) is 10.9 Å². The van der Waals surface area contributed by atoms with Gasteiger partial charge < -0.3 is 16.6 Å². The molecule has 0 fully saturated rings. The lowest BCUT2D eigenvalue weighted by Gasteiger charge is -2.00. The van der Waals surface area contributed by atoms with Crippen molar-refractivity contribution >= 4 is 48.3 Å². The third-order valence-electron chi connectivity index (χ3n) is 3.27. The maximum atomic E-state index is 8.38. The predicted molar refractivity (Wildman–Crippen MR) is 114 cm³/mol. The van der Waals surface area contributed by atoms with E-state index in [1.165, 1.54) is 0 Å². The lowest BCUT2D eigenvalue weighted by molar-refractivity contribution is 0.269. The van der Waals surface area contributed by atoms with Gasteiger partial charge in [-0.2, -0.15) is 5.10 Å². The second kappa shape index (κ2) is 12.8. The number of hydrogen-bond donors (Lipinski definition) is 3. The Bertz CT molecular complexity index is 762. The van der Waals surface area contributed by atoms with Crippen LogP contribution < -0.4 is 11.5 Å². The van der Waals surface area contributed by atoms with E-state index >= 15 is 0 Å². The molecule has 3 rings (SSSR count). The fourth-order valence-electron chi connectivity index (χ4n) is 1.99. The molecule has 0 bridgehead atoms. The lowest BCUT2D eigenvalue weighted by Crippen LogP contribution is -2.01. The summed E-state index contributed by atoms with van der Waals surface area (Å²) in [5.74, 6) is 0. The molecule has 0 amide bonds. The number of anilines is 2. The Kier molecular flexibility index (Phi) is 11.6. The van der Waals surface area contributed by atoms with Gasteiger partial charge in [-0.15, -0.1) is 24.8 Å². The molecular formula is C19H24Cl2N4O. The van der Waals surface area contributed by atoms with Crippen LogP contribution in [-0.4, -0.2) is 21.5 Å². The van der Waals surface area contributed by atoms with E-state index in [-0.39, 0.29) is 31.4 Å². The zero-order valence-corrected chi connectivity index (χ0v) is 15.9. The third-order valence-corrected chi connectivity index (χ3v) is 3.27. The summed E-state index contributed by atoms with van der Waals surface area (Å²) in [4.78, 5) is 0. The van der Waals surface area contributed by atoms with Crippen LogP contribution in [0.4, 0.5) is 11.4 Å². The number of aliphatic hydroxyl groups excluding tert-OH is 1. The molecule has 0 spiro atoms. The van der Waals surface area contributed by atoms with Gasteiger partial charge in [0.15, 0.2) is 0 Å². The molecule has 0 saturated carbocycles. The van der Waals surface area contributed by atoms with Crippen LogP contribution in [0.2, 0.25) is 0 Å². The molecule has 0 aliphatic heterocycles. The first-order valence-electron chi connectivity index (χ1n) is 7.65. The molecule has 5 nitrogen and oxygen atoms in total. The molecule has 0 radical (unpaired) electrons. The Morgan fingerprint density at radius 2 is 1.58 bits per heavy atom. The smallest absolute Gasteiger partial charge is 0.0640 e. The Morgan fingerprint density at radius 3 is 2.15 bits per heavy atom. The van der Waals surface area contributed by atoms with Crippen molar-refractivity contribution < 1.29 is 5.11 Å². The first-order valence-corrected chi connectivity index (χ1v) is 7.65. The van der Waals surface area contributed by atoms with E-state index in [9.17, 15) is 0 Å². The largest absolute Gasteiger partial charge is 0.397 e. The average Bonchev–Trinajstić information content (AvgIpc) is 3.11. The van der Waals surface area contributed by atoms with Crippen molar-refractivity contribution in [3.63, 3.8) is 0 Å². The molecule has 0 unspecified atom stereocenters. The summed E-state index contributed by atoms with van der Waals surface area (Å²) >= 11 is 0. The molecule has 1 heterocycles. The monoisotopic (exact) mass is 394 g/mol. The van der Waals surface area contributed by atoms with Crippen LogP contribution in [0, 0.1) is 0 Å². The molecule has 3 aromatic rings. The highest BCUT2D eigenvalue weighted by molar-refractivity contribution is 5.85. The standard InChI is InChI=1S/C14H14N2.C5H8N2O.2ClH/c15-13-9-8-12(10-14(13)16)7-6-11-4-2-1-3-5-11;8-5-4-7-3-1-2-6-7;;/h1-10H,15-16H2;1-3,8H,4-5H2;2*1H. The van der Waals surface area contributed by atoms with Crippen LogP contribution in [0.1, 0.15) is 11.1 Å². The highest BCUT2D eigenvalue weighted by atomic mass is 35.5. The summed E-state index contributed by atoms with van der Waals surface area (Å²) in [6.45, 7) is 0.745. The van der Waals surface area contributed by atoms with E-state index in [0.29, 0.717) is 17.9 Å². The molecule has 0 saturated heterocycles. The molecule has 7 heteroatoms. The number of nitrogen functional groups attached to an aromatic ring is 2. The maximum Gasteiger partial charge on any atom is 0.0640 e. The summed E-state index contributed by atoms with van der Waals surface area (Å²) in [5.41, 5.74) is 14.8. The predicted octanol–water partition coefficient (Wildman–Crippen LogP) is 3.74. The van der Waals surface area contributed by atoms with E-state index < -0.39 is 0 Å². The van der Waals surface area contributed by atoms with Gasteiger partial charge in [-0.25, -0.2) is 0 Å². The van der Waals surface area contributed by atoms with Crippen molar-refractivity contribution in [3.8, 4) is 0 Å². The van der Waals surface area contributed by atoms with Gasteiger partial charge in [0, 0.05) is 12.4 Å². The highest BCUT2D eigenvalue weighted by Crippen LogP contribution is 2.17. The van der Waals surface area contributed by atoms with Crippen molar-refractivity contribution in [2.45, 2.75) is 6.54 Å². The minimum absolute atomic E-state index is 0. The van der Waals surface area contributed by atoms with Crippen molar-refractivity contribution in [3.05, 3.63) is 78.1 Å². The summed E-state index contributed by atoms with van der Waals surface area (Å²) in [7, 11) is 0. The van der Waals surface area contributed by atoms with Gasteiger partial charge in [-0.3, -0.25) is 4.68 Å². The van der Waals surface area contributed by atoms with Crippen LogP contribution in [0.25, 0.3) is 12.2 Å². The number of benzene rings is 2. The average molecular weight is 395 g/mol. The van der Waals surface area contributed by atoms with Gasteiger partial charge in [0.1, 0.15) is 0 Å². The van der Waals surface area contributed by atoms with Gasteiger partial charge in [-0.05, 0) is 29.3 Å². The van der Waals surface area contributed by atoms with E-state index in [1.807, 2.05) is 60.8 Å². The van der Waals surface area contributed by atoms with Crippen molar-refractivity contribution in [2.75, 3.05) is 18.1 Å². The van der Waals surface area contributed by atoms with Gasteiger partial charge >= 0.3 is 0 Å². The number of nitrogens with two attached hydrogens (primary N) is 2. The summed E-state index contributed by atoms with van der Waals surface area (Å²) < 4.78 is 1.68. The number of aromatic nitrogens is 2. The maximum absolute atomic E-state index is 8.38. The number of aliphatic hydroxyl groups is 1. The van der Waals surface area contributed by atoms with Crippen LogP contribution in [0.3, 0.4) is 0 Å². The fraction of sp³-hybridized carbons (Fsp3) is 0.105. The topological polar surface area (TPSA) is 90.1 Å². The molecule has 2 aromatic carbocycles. The van der Waals surface area contributed by atoms with Gasteiger partial charge in [0.2, 0.25) is 0 Å². The first-order chi connectivity index (χ1) is 11.7. The Morgan fingerprint density at radius 1 is 0.885 bits per heavy atom. The van der Waals surface area contributed by atoms with Crippen molar-refractivity contribution in [2.24, 2.45) is 0 Å².